The van der Waals surface area contributed by atoms with Crippen LogP contribution in [0.25, 0.3) is 0 Å². The third kappa shape index (κ3) is 2.16. The van der Waals surface area contributed by atoms with Crippen LogP contribution in [0.5, 0.6) is 0 Å². The first-order chi connectivity index (χ1) is 13.5. The molecule has 28 heavy (non-hydrogen) atoms. The van der Waals surface area contributed by atoms with Gasteiger partial charge in [0.2, 0.25) is 0 Å². The van der Waals surface area contributed by atoms with E-state index in [0.29, 0.717) is 33.4 Å². The van der Waals surface area contributed by atoms with E-state index in [-0.39, 0.29) is 16.9 Å². The molecule has 8 heteroatoms. The van der Waals surface area contributed by atoms with Crippen LogP contribution in [0.1, 0.15) is 29.9 Å². The molecule has 1 spiro atoms. The molecule has 0 radical (unpaired) electrons. The number of nitro groups is 1. The lowest BCUT2D eigenvalue weighted by Gasteiger charge is -2.32. The summed E-state index contributed by atoms with van der Waals surface area (Å²) >= 11 is 12.5. The van der Waals surface area contributed by atoms with Crippen molar-refractivity contribution in [1.29, 1.82) is 0 Å². The van der Waals surface area contributed by atoms with E-state index in [2.05, 4.69) is 5.32 Å². The number of halogens is 2. The summed E-state index contributed by atoms with van der Waals surface area (Å²) in [5.41, 5.74) is 0.683. The fourth-order valence-corrected chi connectivity index (χ4v) is 6.05. The van der Waals surface area contributed by atoms with Crippen molar-refractivity contribution in [3.8, 4) is 0 Å². The number of hydrogen-bond donors (Lipinski definition) is 1. The van der Waals surface area contributed by atoms with Gasteiger partial charge in [-0.2, -0.15) is 0 Å². The lowest BCUT2D eigenvalue weighted by atomic mass is 9.77. The van der Waals surface area contributed by atoms with Crippen LogP contribution in [-0.2, 0) is 10.3 Å². The molecule has 0 unspecified atom stereocenters. The number of hydrogen-bond acceptors (Lipinski definition) is 4. The predicted molar refractivity (Wildman–Crippen MR) is 106 cm³/mol. The Morgan fingerprint density at radius 1 is 1.21 bits per heavy atom. The largest absolute Gasteiger partial charge is 0.324 e. The fourth-order valence-electron chi connectivity index (χ4n) is 5.52. The summed E-state index contributed by atoms with van der Waals surface area (Å²) in [4.78, 5) is 27.5. The third-order valence-corrected chi connectivity index (χ3v) is 6.98. The number of fused-ring (bicyclic) bond motifs is 4. The molecular weight excluding hydrogens is 401 g/mol. The highest BCUT2D eigenvalue weighted by molar-refractivity contribution is 6.35. The van der Waals surface area contributed by atoms with Crippen molar-refractivity contribution in [1.82, 2.24) is 4.90 Å². The van der Waals surface area contributed by atoms with E-state index < -0.39 is 17.5 Å². The van der Waals surface area contributed by atoms with Crippen molar-refractivity contribution < 1.29 is 9.72 Å². The molecular formula is C20H17Cl2N3O3. The average Bonchev–Trinajstić information content (AvgIpc) is 3.29. The lowest BCUT2D eigenvalue weighted by Crippen LogP contribution is -2.55. The second-order valence-electron chi connectivity index (χ2n) is 7.59. The molecule has 2 aromatic rings. The Balaban J connectivity index is 1.77. The summed E-state index contributed by atoms with van der Waals surface area (Å²) in [5.74, 6) is -0.825. The monoisotopic (exact) mass is 417 g/mol. The van der Waals surface area contributed by atoms with Crippen molar-refractivity contribution in [2.24, 2.45) is 0 Å². The van der Waals surface area contributed by atoms with Gasteiger partial charge in [-0.05, 0) is 36.6 Å². The highest BCUT2D eigenvalue weighted by Crippen LogP contribution is 2.58. The number of anilines is 1. The molecule has 6 nitrogen and oxygen atoms in total. The molecule has 0 aliphatic carbocycles. The zero-order chi connectivity index (χ0) is 19.6. The number of rotatable bonds is 2. The van der Waals surface area contributed by atoms with Gasteiger partial charge in [-0.1, -0.05) is 47.5 Å². The number of carbonyl (C=O) groups is 1. The van der Waals surface area contributed by atoms with Gasteiger partial charge in [-0.25, -0.2) is 0 Å². The lowest BCUT2D eigenvalue weighted by molar-refractivity contribution is -0.534. The predicted octanol–water partition coefficient (Wildman–Crippen LogP) is 4.05. The van der Waals surface area contributed by atoms with Crippen molar-refractivity contribution in [3.63, 3.8) is 0 Å². The Labute approximate surface area is 171 Å². The maximum Gasteiger partial charge on any atom is 0.256 e. The van der Waals surface area contributed by atoms with E-state index in [4.69, 9.17) is 23.2 Å². The minimum atomic E-state index is -1.32. The smallest absolute Gasteiger partial charge is 0.256 e. The highest BCUT2D eigenvalue weighted by atomic mass is 35.5. The molecule has 3 aliphatic rings. The van der Waals surface area contributed by atoms with Crippen LogP contribution in [-0.4, -0.2) is 34.4 Å². The Hall–Kier alpha value is -2.15. The van der Waals surface area contributed by atoms with Gasteiger partial charge in [0.25, 0.3) is 11.9 Å². The Morgan fingerprint density at radius 3 is 2.75 bits per heavy atom. The maximum atomic E-state index is 13.3. The molecule has 0 aromatic heterocycles. The van der Waals surface area contributed by atoms with Gasteiger partial charge in [-0.3, -0.25) is 19.8 Å². The van der Waals surface area contributed by atoms with Crippen LogP contribution in [0, 0.1) is 10.1 Å². The van der Waals surface area contributed by atoms with Gasteiger partial charge in [-0.15, -0.1) is 0 Å². The van der Waals surface area contributed by atoms with E-state index in [1.807, 2.05) is 23.1 Å². The minimum absolute atomic E-state index is 0.133. The molecule has 0 saturated carbocycles. The topological polar surface area (TPSA) is 75.5 Å². The van der Waals surface area contributed by atoms with Crippen LogP contribution in [0.15, 0.2) is 42.5 Å². The third-order valence-electron chi connectivity index (χ3n) is 6.42. The van der Waals surface area contributed by atoms with E-state index in [9.17, 15) is 14.9 Å². The summed E-state index contributed by atoms with van der Waals surface area (Å²) in [6.45, 7) is 0.637. The van der Waals surface area contributed by atoms with Crippen LogP contribution in [0.3, 0.4) is 0 Å². The van der Waals surface area contributed by atoms with Crippen LogP contribution in [0.2, 0.25) is 10.0 Å². The number of para-hydroxylation sites is 1. The van der Waals surface area contributed by atoms with Crippen molar-refractivity contribution in [2.75, 3.05) is 11.9 Å². The van der Waals surface area contributed by atoms with Gasteiger partial charge in [0, 0.05) is 38.8 Å². The maximum absolute atomic E-state index is 13.3. The van der Waals surface area contributed by atoms with Crippen LogP contribution >= 0.6 is 23.2 Å². The number of amides is 1. The number of benzene rings is 2. The zero-order valence-electron chi connectivity index (χ0n) is 14.8. The summed E-state index contributed by atoms with van der Waals surface area (Å²) in [7, 11) is 0. The first-order valence-electron chi connectivity index (χ1n) is 9.22. The Morgan fingerprint density at radius 2 is 2.00 bits per heavy atom. The Bertz CT molecular complexity index is 1010. The standard InChI is InChI=1S/C20H17Cl2N3O3/c21-11-7-8-12(14(22)10-11)17-16-6-3-9-24(16)20(18(17)25(27)28)13-4-1-2-5-15(13)23-19(20)26/h1-2,4-5,7-8,10,16-18H,3,6,9H2,(H,23,26)/t16-,17-,18-,20+/m1/s1. The highest BCUT2D eigenvalue weighted by Gasteiger charge is 2.73. The van der Waals surface area contributed by atoms with Crippen molar-refractivity contribution in [2.45, 2.75) is 36.4 Å². The second-order valence-corrected chi connectivity index (χ2v) is 8.43. The zero-order valence-corrected chi connectivity index (χ0v) is 16.3. The van der Waals surface area contributed by atoms with E-state index in [0.717, 1.165) is 12.8 Å². The molecule has 2 aromatic carbocycles. The molecule has 3 aliphatic heterocycles. The summed E-state index contributed by atoms with van der Waals surface area (Å²) in [6.07, 6.45) is 1.67. The number of carbonyl (C=O) groups excluding carboxylic acids is 1. The first-order valence-corrected chi connectivity index (χ1v) is 9.98. The molecule has 5 rings (SSSR count). The second kappa shape index (κ2) is 6.17. The SMILES string of the molecule is O=C1Nc2ccccc2[C@]12[C@H]([N+](=O)[O-])[C@H](c1ccc(Cl)cc1Cl)[C@H]1CCCN12. The van der Waals surface area contributed by atoms with E-state index >= 15 is 0 Å². The summed E-state index contributed by atoms with van der Waals surface area (Å²) < 4.78 is 0. The van der Waals surface area contributed by atoms with Gasteiger partial charge >= 0.3 is 0 Å². The van der Waals surface area contributed by atoms with Gasteiger partial charge in [0.1, 0.15) is 0 Å². The fraction of sp³-hybridized carbons (Fsp3) is 0.350. The Kier molecular flexibility index (Phi) is 3.95. The summed E-state index contributed by atoms with van der Waals surface area (Å²) in [6, 6.07) is 11.1. The number of nitrogens with one attached hydrogen (secondary N) is 1. The molecule has 144 valence electrons. The molecule has 2 saturated heterocycles. The number of nitrogens with zero attached hydrogens (tertiary/aromatic N) is 2. The summed E-state index contributed by atoms with van der Waals surface area (Å²) in [5, 5.41) is 16.2. The molecule has 3 heterocycles. The average molecular weight is 418 g/mol. The van der Waals surface area contributed by atoms with Crippen molar-refractivity contribution >= 4 is 34.8 Å². The van der Waals surface area contributed by atoms with Crippen molar-refractivity contribution in [3.05, 3.63) is 73.8 Å². The molecule has 4 atom stereocenters. The first kappa shape index (κ1) is 17.9. The van der Waals surface area contributed by atoms with Crippen LogP contribution in [0.4, 0.5) is 5.69 Å². The minimum Gasteiger partial charge on any atom is -0.324 e. The van der Waals surface area contributed by atoms with E-state index in [1.165, 1.54) is 0 Å². The van der Waals surface area contributed by atoms with Gasteiger partial charge in [0.05, 0.1) is 5.92 Å². The molecule has 2 fully saturated rings. The molecule has 1 N–H and O–H groups in total. The van der Waals surface area contributed by atoms with Gasteiger partial charge < -0.3 is 5.32 Å². The van der Waals surface area contributed by atoms with E-state index in [1.54, 1.807) is 24.3 Å². The van der Waals surface area contributed by atoms with Gasteiger partial charge in [0.15, 0.2) is 5.54 Å². The normalized spacial score (nSPS) is 31.1. The molecule has 1 amide bonds. The molecule has 0 bridgehead atoms. The quantitative estimate of drug-likeness (QED) is 0.590. The van der Waals surface area contributed by atoms with Crippen LogP contribution < -0.4 is 5.32 Å².